The molecule has 2 atom stereocenters. The monoisotopic (exact) mass is 352 g/mol. The summed E-state index contributed by atoms with van der Waals surface area (Å²) in [5.74, 6) is 2.72. The van der Waals surface area contributed by atoms with Gasteiger partial charge in [0.15, 0.2) is 0 Å². The average Bonchev–Trinajstić information content (AvgIpc) is 3.31. The predicted molar refractivity (Wildman–Crippen MR) is 104 cm³/mol. The van der Waals surface area contributed by atoms with Gasteiger partial charge in [-0.25, -0.2) is 9.97 Å². The summed E-state index contributed by atoms with van der Waals surface area (Å²) in [6, 6.07) is 7.70. The fraction of sp³-hybridized carbons (Fsp3) is 0.619. The molecule has 5 rings (SSSR count). The molecule has 0 N–H and O–H groups in total. The van der Waals surface area contributed by atoms with E-state index in [1.54, 1.807) is 7.11 Å². The number of likely N-dealkylation sites (tertiary alicyclic amines) is 1. The third-order valence-corrected chi connectivity index (χ3v) is 6.75. The third-order valence-electron chi connectivity index (χ3n) is 6.75. The lowest BCUT2D eigenvalue weighted by Crippen LogP contribution is -2.48. The first kappa shape index (κ1) is 16.3. The van der Waals surface area contributed by atoms with Crippen LogP contribution in [0.25, 0.3) is 10.9 Å². The summed E-state index contributed by atoms with van der Waals surface area (Å²) in [6.07, 6.45) is 6.83. The summed E-state index contributed by atoms with van der Waals surface area (Å²) in [5, 5.41) is 1.11. The second kappa shape index (κ2) is 6.38. The number of hydrogen-bond acceptors (Lipinski definition) is 5. The van der Waals surface area contributed by atoms with Crippen molar-refractivity contribution in [1.82, 2.24) is 14.9 Å². The normalized spacial score (nSPS) is 26.8. The van der Waals surface area contributed by atoms with Crippen LogP contribution >= 0.6 is 0 Å². The van der Waals surface area contributed by atoms with Gasteiger partial charge >= 0.3 is 0 Å². The molecule has 2 bridgehead atoms. The zero-order chi connectivity index (χ0) is 17.7. The van der Waals surface area contributed by atoms with E-state index in [9.17, 15) is 0 Å². The molecular formula is C21H28N4O. The zero-order valence-corrected chi connectivity index (χ0v) is 15.8. The number of aromatic nitrogens is 2. The molecule has 0 spiro atoms. The van der Waals surface area contributed by atoms with E-state index >= 15 is 0 Å². The average molecular weight is 352 g/mol. The minimum atomic E-state index is 0.767. The van der Waals surface area contributed by atoms with Crippen LogP contribution in [0.5, 0.6) is 5.75 Å². The molecule has 2 aliphatic heterocycles. The highest BCUT2D eigenvalue weighted by molar-refractivity contribution is 5.83. The summed E-state index contributed by atoms with van der Waals surface area (Å²) in [7, 11) is 1.70. The Morgan fingerprint density at radius 2 is 1.88 bits per heavy atom. The van der Waals surface area contributed by atoms with Crippen molar-refractivity contribution in [1.29, 1.82) is 0 Å². The van der Waals surface area contributed by atoms with Crippen LogP contribution in [0.15, 0.2) is 18.2 Å². The Labute approximate surface area is 155 Å². The molecule has 1 aromatic carbocycles. The predicted octanol–water partition coefficient (Wildman–Crippen LogP) is 3.40. The van der Waals surface area contributed by atoms with Gasteiger partial charge in [-0.3, -0.25) is 4.90 Å². The molecule has 5 nitrogen and oxygen atoms in total. The van der Waals surface area contributed by atoms with Crippen LogP contribution < -0.4 is 9.64 Å². The SMILES string of the molecule is COc1ccc2c(C)nc(N3CCC(N4CC5CCC4C5)CC3)nc2c1. The standard InChI is InChI=1S/C21H28N4O/c1-14-19-6-5-18(26-2)12-20(19)23-21(22-14)24-9-7-16(8-10-24)25-13-15-3-4-17(25)11-15/h5-6,12,15-17H,3-4,7-11,13H2,1-2H3. The fourth-order valence-electron chi connectivity index (χ4n) is 5.33. The van der Waals surface area contributed by atoms with Crippen molar-refractivity contribution in [2.24, 2.45) is 5.92 Å². The van der Waals surface area contributed by atoms with Crippen LogP contribution in [0.4, 0.5) is 5.95 Å². The van der Waals surface area contributed by atoms with Crippen LogP contribution in [-0.2, 0) is 0 Å². The van der Waals surface area contributed by atoms with Gasteiger partial charge in [0.1, 0.15) is 5.75 Å². The summed E-state index contributed by atoms with van der Waals surface area (Å²) in [6.45, 7) is 5.55. The lowest BCUT2D eigenvalue weighted by atomic mass is 10.00. The number of methoxy groups -OCH3 is 1. The maximum atomic E-state index is 5.36. The molecule has 2 aromatic rings. The number of benzene rings is 1. The first-order valence-corrected chi connectivity index (χ1v) is 10.0. The maximum absolute atomic E-state index is 5.36. The lowest BCUT2D eigenvalue weighted by Gasteiger charge is -2.40. The van der Waals surface area contributed by atoms with Gasteiger partial charge in [-0.05, 0) is 57.1 Å². The summed E-state index contributed by atoms with van der Waals surface area (Å²) < 4.78 is 5.36. The van der Waals surface area contributed by atoms with Gasteiger partial charge in [0.05, 0.1) is 18.3 Å². The van der Waals surface area contributed by atoms with Crippen LogP contribution in [-0.4, -0.2) is 53.7 Å². The highest BCUT2D eigenvalue weighted by Crippen LogP contribution is 2.40. The van der Waals surface area contributed by atoms with Crippen LogP contribution in [0, 0.1) is 12.8 Å². The smallest absolute Gasteiger partial charge is 0.226 e. The van der Waals surface area contributed by atoms with Crippen molar-refractivity contribution in [2.75, 3.05) is 31.6 Å². The molecule has 3 heterocycles. The Kier molecular flexibility index (Phi) is 4.00. The van der Waals surface area contributed by atoms with E-state index in [-0.39, 0.29) is 0 Å². The molecule has 1 aliphatic carbocycles. The quantitative estimate of drug-likeness (QED) is 0.847. The first-order valence-electron chi connectivity index (χ1n) is 10.0. The molecule has 3 fully saturated rings. The number of fused-ring (bicyclic) bond motifs is 3. The minimum absolute atomic E-state index is 0.767. The van der Waals surface area contributed by atoms with Crippen LogP contribution in [0.2, 0.25) is 0 Å². The number of anilines is 1. The van der Waals surface area contributed by atoms with E-state index in [0.29, 0.717) is 0 Å². The molecule has 0 radical (unpaired) electrons. The highest BCUT2D eigenvalue weighted by Gasteiger charge is 2.41. The van der Waals surface area contributed by atoms with Crippen molar-refractivity contribution in [2.45, 2.75) is 51.1 Å². The van der Waals surface area contributed by atoms with Gasteiger partial charge < -0.3 is 9.64 Å². The van der Waals surface area contributed by atoms with E-state index in [2.05, 4.69) is 22.8 Å². The molecule has 2 unspecified atom stereocenters. The lowest BCUT2D eigenvalue weighted by molar-refractivity contribution is 0.128. The molecule has 138 valence electrons. The van der Waals surface area contributed by atoms with Crippen LogP contribution in [0.3, 0.4) is 0 Å². The van der Waals surface area contributed by atoms with Gasteiger partial charge in [0.2, 0.25) is 5.95 Å². The molecule has 1 saturated carbocycles. The van der Waals surface area contributed by atoms with E-state index in [1.807, 2.05) is 12.1 Å². The fourth-order valence-corrected chi connectivity index (χ4v) is 5.33. The summed E-state index contributed by atoms with van der Waals surface area (Å²) >= 11 is 0. The second-order valence-electron chi connectivity index (χ2n) is 8.24. The Hall–Kier alpha value is -1.88. The first-order chi connectivity index (χ1) is 12.7. The van der Waals surface area contributed by atoms with Gasteiger partial charge in [-0.2, -0.15) is 0 Å². The molecule has 0 amide bonds. The molecule has 5 heteroatoms. The van der Waals surface area contributed by atoms with E-state index in [0.717, 1.165) is 59.4 Å². The molecule has 3 aliphatic rings. The van der Waals surface area contributed by atoms with Crippen molar-refractivity contribution < 1.29 is 4.74 Å². The van der Waals surface area contributed by atoms with Gasteiger partial charge in [0, 0.05) is 43.2 Å². The number of rotatable bonds is 3. The molecule has 26 heavy (non-hydrogen) atoms. The van der Waals surface area contributed by atoms with E-state index in [1.165, 1.54) is 38.6 Å². The van der Waals surface area contributed by atoms with E-state index < -0.39 is 0 Å². The van der Waals surface area contributed by atoms with Gasteiger partial charge in [-0.1, -0.05) is 0 Å². The van der Waals surface area contributed by atoms with Gasteiger partial charge in [-0.15, -0.1) is 0 Å². The maximum Gasteiger partial charge on any atom is 0.226 e. The zero-order valence-electron chi connectivity index (χ0n) is 15.8. The Bertz CT molecular complexity index is 815. The topological polar surface area (TPSA) is 41.5 Å². The van der Waals surface area contributed by atoms with Gasteiger partial charge in [0.25, 0.3) is 0 Å². The van der Waals surface area contributed by atoms with Crippen LogP contribution in [0.1, 0.15) is 37.8 Å². The largest absolute Gasteiger partial charge is 0.497 e. The molecular weight excluding hydrogens is 324 g/mol. The summed E-state index contributed by atoms with van der Waals surface area (Å²) in [5.41, 5.74) is 2.03. The van der Waals surface area contributed by atoms with Crippen molar-refractivity contribution in [3.05, 3.63) is 23.9 Å². The van der Waals surface area contributed by atoms with Crippen molar-refractivity contribution in [3.8, 4) is 5.75 Å². The third kappa shape index (κ3) is 2.73. The Morgan fingerprint density at radius 1 is 1.04 bits per heavy atom. The molecule has 1 aromatic heterocycles. The minimum Gasteiger partial charge on any atom is -0.497 e. The summed E-state index contributed by atoms with van der Waals surface area (Å²) in [4.78, 5) is 14.8. The number of aryl methyl sites for hydroxylation is 1. The van der Waals surface area contributed by atoms with Crippen molar-refractivity contribution >= 4 is 16.9 Å². The Morgan fingerprint density at radius 3 is 2.58 bits per heavy atom. The van der Waals surface area contributed by atoms with Crippen molar-refractivity contribution in [3.63, 3.8) is 0 Å². The number of nitrogens with zero attached hydrogens (tertiary/aromatic N) is 4. The number of ether oxygens (including phenoxy) is 1. The Balaban J connectivity index is 1.33. The molecule has 2 saturated heterocycles. The number of piperidine rings is 2. The highest BCUT2D eigenvalue weighted by atomic mass is 16.5. The van der Waals surface area contributed by atoms with E-state index in [4.69, 9.17) is 14.7 Å². The number of hydrogen-bond donors (Lipinski definition) is 0. The second-order valence-corrected chi connectivity index (χ2v) is 8.24.